The second-order valence-electron chi connectivity index (χ2n) is 7.94. The average Bonchev–Trinajstić information content (AvgIpc) is 3.35. The van der Waals surface area contributed by atoms with E-state index in [1.807, 2.05) is 9.80 Å². The molecule has 4 rings (SSSR count). The van der Waals surface area contributed by atoms with Gasteiger partial charge in [0.25, 0.3) is 5.91 Å². The molecule has 8 nitrogen and oxygen atoms in total. The van der Waals surface area contributed by atoms with Crippen LogP contribution >= 0.6 is 0 Å². The van der Waals surface area contributed by atoms with Crippen molar-refractivity contribution in [1.29, 1.82) is 0 Å². The maximum atomic E-state index is 12.6. The van der Waals surface area contributed by atoms with E-state index in [2.05, 4.69) is 14.9 Å². The van der Waals surface area contributed by atoms with Crippen molar-refractivity contribution in [3.63, 3.8) is 0 Å². The molecule has 0 spiro atoms. The monoisotopic (exact) mass is 375 g/mol. The molecule has 3 fully saturated rings. The number of aliphatic hydroxyl groups is 1. The Morgan fingerprint density at radius 3 is 2.63 bits per heavy atom. The van der Waals surface area contributed by atoms with Crippen molar-refractivity contribution in [2.45, 2.75) is 31.3 Å². The first-order valence-corrected chi connectivity index (χ1v) is 10.0. The summed E-state index contributed by atoms with van der Waals surface area (Å²) in [5.41, 5.74) is -0.569. The molecule has 4 heterocycles. The minimum absolute atomic E-state index is 0.0553. The van der Waals surface area contributed by atoms with E-state index < -0.39 is 5.60 Å². The molecule has 1 atom stereocenters. The zero-order valence-electron chi connectivity index (χ0n) is 15.8. The molecule has 3 aliphatic rings. The van der Waals surface area contributed by atoms with Crippen LogP contribution in [0, 0.1) is 0 Å². The van der Waals surface area contributed by atoms with Gasteiger partial charge in [0.05, 0.1) is 32.2 Å². The van der Waals surface area contributed by atoms with Crippen LogP contribution in [0.2, 0.25) is 0 Å². The molecule has 3 saturated heterocycles. The number of amides is 1. The molecule has 27 heavy (non-hydrogen) atoms. The Hall–Kier alpha value is -1.77. The number of carbonyl (C=O) groups is 1. The molecule has 1 unspecified atom stereocenters. The first-order chi connectivity index (χ1) is 13.1. The highest BCUT2D eigenvalue weighted by molar-refractivity contribution is 5.92. The van der Waals surface area contributed by atoms with Gasteiger partial charge in [-0.05, 0) is 38.8 Å². The minimum Gasteiger partial charge on any atom is -0.384 e. The molecule has 1 aromatic rings. The van der Waals surface area contributed by atoms with Crippen molar-refractivity contribution < 1.29 is 14.6 Å². The van der Waals surface area contributed by atoms with E-state index in [0.29, 0.717) is 44.4 Å². The summed E-state index contributed by atoms with van der Waals surface area (Å²) in [4.78, 5) is 27.6. The lowest BCUT2D eigenvalue weighted by molar-refractivity contribution is -0.0439. The van der Waals surface area contributed by atoms with Crippen molar-refractivity contribution in [2.24, 2.45) is 0 Å². The van der Waals surface area contributed by atoms with Gasteiger partial charge < -0.3 is 24.5 Å². The van der Waals surface area contributed by atoms with Gasteiger partial charge in [-0.1, -0.05) is 0 Å². The van der Waals surface area contributed by atoms with Crippen LogP contribution in [0.15, 0.2) is 12.4 Å². The van der Waals surface area contributed by atoms with E-state index in [9.17, 15) is 9.90 Å². The first kappa shape index (κ1) is 18.6. The number of likely N-dealkylation sites (tertiary alicyclic amines) is 2. The zero-order valence-corrected chi connectivity index (χ0v) is 15.8. The second-order valence-corrected chi connectivity index (χ2v) is 7.94. The number of ether oxygens (including phenoxy) is 1. The molecule has 0 radical (unpaired) electrons. The fourth-order valence-electron chi connectivity index (χ4n) is 4.26. The van der Waals surface area contributed by atoms with Crippen molar-refractivity contribution in [3.8, 4) is 0 Å². The largest absolute Gasteiger partial charge is 0.384 e. The number of hydrogen-bond acceptors (Lipinski definition) is 7. The van der Waals surface area contributed by atoms with E-state index in [1.54, 1.807) is 6.20 Å². The second kappa shape index (κ2) is 8.08. The lowest BCUT2D eigenvalue weighted by Crippen LogP contribution is -2.52. The number of rotatable bonds is 4. The van der Waals surface area contributed by atoms with Gasteiger partial charge in [0, 0.05) is 26.2 Å². The van der Waals surface area contributed by atoms with Crippen molar-refractivity contribution >= 4 is 11.7 Å². The van der Waals surface area contributed by atoms with E-state index >= 15 is 0 Å². The molecule has 0 aromatic carbocycles. The summed E-state index contributed by atoms with van der Waals surface area (Å²) in [5, 5.41) is 11.2. The Balaban J connectivity index is 1.49. The van der Waals surface area contributed by atoms with Crippen LogP contribution in [0.3, 0.4) is 0 Å². The normalized spacial score (nSPS) is 27.1. The number of nitrogens with zero attached hydrogens (tertiary/aromatic N) is 5. The summed E-state index contributed by atoms with van der Waals surface area (Å²) < 4.78 is 5.69. The number of carbonyl (C=O) groups excluding carboxylic acids is 1. The topological polar surface area (TPSA) is 82.0 Å². The van der Waals surface area contributed by atoms with E-state index in [-0.39, 0.29) is 5.91 Å². The Morgan fingerprint density at radius 2 is 1.85 bits per heavy atom. The molecule has 0 bridgehead atoms. The van der Waals surface area contributed by atoms with Gasteiger partial charge in [0.2, 0.25) is 0 Å². The van der Waals surface area contributed by atoms with Crippen LogP contribution in [0.5, 0.6) is 0 Å². The summed E-state index contributed by atoms with van der Waals surface area (Å²) in [7, 11) is 0. The average molecular weight is 375 g/mol. The maximum Gasteiger partial charge on any atom is 0.274 e. The lowest BCUT2D eigenvalue weighted by atomic mass is 10.0. The van der Waals surface area contributed by atoms with Gasteiger partial charge in [-0.3, -0.25) is 9.78 Å². The standard InChI is InChI=1S/C19H29N5O3/c25-18(23-7-3-4-8-23)16-11-20-12-17(21-16)24-9-10-27-15-19(26,14-24)13-22-5-1-2-6-22/h11-12,26H,1-10,13-15H2. The quantitative estimate of drug-likeness (QED) is 0.814. The van der Waals surface area contributed by atoms with E-state index in [0.717, 1.165) is 39.0 Å². The van der Waals surface area contributed by atoms with E-state index in [4.69, 9.17) is 4.74 Å². The smallest absolute Gasteiger partial charge is 0.274 e. The Morgan fingerprint density at radius 1 is 1.11 bits per heavy atom. The molecular weight excluding hydrogens is 346 g/mol. The molecule has 3 aliphatic heterocycles. The van der Waals surface area contributed by atoms with Gasteiger partial charge in [-0.15, -0.1) is 0 Å². The molecule has 148 valence electrons. The van der Waals surface area contributed by atoms with Crippen LogP contribution in [0.25, 0.3) is 0 Å². The van der Waals surface area contributed by atoms with Gasteiger partial charge in [-0.2, -0.15) is 0 Å². The predicted molar refractivity (Wildman–Crippen MR) is 101 cm³/mol. The van der Waals surface area contributed by atoms with Crippen LogP contribution < -0.4 is 4.90 Å². The summed E-state index contributed by atoms with van der Waals surface area (Å²) in [6.45, 7) is 6.13. The molecule has 0 aliphatic carbocycles. The number of hydrogen-bond donors (Lipinski definition) is 1. The highest BCUT2D eigenvalue weighted by atomic mass is 16.5. The van der Waals surface area contributed by atoms with Crippen LogP contribution in [0.1, 0.15) is 36.2 Å². The van der Waals surface area contributed by atoms with Gasteiger partial charge in [0.15, 0.2) is 0 Å². The number of β-amino-alcohol motifs (C(OH)–C–C–N with tert-alkyl or cyclic N) is 1. The summed E-state index contributed by atoms with van der Waals surface area (Å²) in [6, 6.07) is 0. The third-order valence-corrected chi connectivity index (χ3v) is 5.64. The summed E-state index contributed by atoms with van der Waals surface area (Å²) in [6.07, 6.45) is 7.68. The van der Waals surface area contributed by atoms with Crippen molar-refractivity contribution in [2.75, 3.05) is 63.9 Å². The Kier molecular flexibility index (Phi) is 5.56. The SMILES string of the molecule is O=C(c1cncc(N2CCOCC(O)(CN3CCCC3)C2)n1)N1CCCC1. The summed E-state index contributed by atoms with van der Waals surface area (Å²) >= 11 is 0. The highest BCUT2D eigenvalue weighted by Gasteiger charge is 2.36. The molecule has 1 amide bonds. The fraction of sp³-hybridized carbons (Fsp3) is 0.737. The van der Waals surface area contributed by atoms with Crippen LogP contribution in [-0.4, -0.2) is 95.4 Å². The maximum absolute atomic E-state index is 12.6. The molecule has 1 N–H and O–H groups in total. The van der Waals surface area contributed by atoms with Crippen molar-refractivity contribution in [3.05, 3.63) is 18.1 Å². The van der Waals surface area contributed by atoms with Crippen molar-refractivity contribution in [1.82, 2.24) is 19.8 Å². The number of aromatic nitrogens is 2. The van der Waals surface area contributed by atoms with Gasteiger partial charge >= 0.3 is 0 Å². The Bertz CT molecular complexity index is 661. The minimum atomic E-state index is -0.947. The molecule has 1 aromatic heterocycles. The number of anilines is 1. The lowest BCUT2D eigenvalue weighted by Gasteiger charge is -2.34. The Labute approximate surface area is 160 Å². The summed E-state index contributed by atoms with van der Waals surface area (Å²) in [5.74, 6) is 0.575. The molecule has 0 saturated carbocycles. The zero-order chi connectivity index (χ0) is 18.7. The van der Waals surface area contributed by atoms with Crippen LogP contribution in [-0.2, 0) is 4.74 Å². The predicted octanol–water partition coefficient (Wildman–Crippen LogP) is 0.376. The van der Waals surface area contributed by atoms with Crippen LogP contribution in [0.4, 0.5) is 5.82 Å². The highest BCUT2D eigenvalue weighted by Crippen LogP contribution is 2.21. The van der Waals surface area contributed by atoms with Gasteiger partial charge in [0.1, 0.15) is 17.1 Å². The molecular formula is C19H29N5O3. The fourth-order valence-corrected chi connectivity index (χ4v) is 4.26. The van der Waals surface area contributed by atoms with Gasteiger partial charge in [-0.25, -0.2) is 4.98 Å². The third kappa shape index (κ3) is 4.39. The third-order valence-electron chi connectivity index (χ3n) is 5.64. The molecule has 8 heteroatoms. The van der Waals surface area contributed by atoms with E-state index in [1.165, 1.54) is 19.0 Å². The first-order valence-electron chi connectivity index (χ1n) is 10.0.